The van der Waals surface area contributed by atoms with E-state index in [2.05, 4.69) is 17.1 Å². The SMILES string of the molecule is CCCCSc1nncn1N. The highest BCUT2D eigenvalue weighted by molar-refractivity contribution is 7.99. The molecule has 0 fully saturated rings. The fraction of sp³-hybridized carbons (Fsp3) is 0.667. The number of nitrogens with zero attached hydrogens (tertiary/aromatic N) is 3. The molecule has 0 aliphatic heterocycles. The smallest absolute Gasteiger partial charge is 0.209 e. The molecule has 0 aromatic carbocycles. The molecule has 0 aliphatic carbocycles. The van der Waals surface area contributed by atoms with Crippen molar-refractivity contribution >= 4 is 11.8 Å². The van der Waals surface area contributed by atoms with Gasteiger partial charge in [-0.3, -0.25) is 0 Å². The summed E-state index contributed by atoms with van der Waals surface area (Å²) in [5.41, 5.74) is 0. The van der Waals surface area contributed by atoms with Crippen molar-refractivity contribution in [2.24, 2.45) is 0 Å². The lowest BCUT2D eigenvalue weighted by Crippen LogP contribution is -2.07. The van der Waals surface area contributed by atoms with Gasteiger partial charge in [-0.2, -0.15) is 0 Å². The summed E-state index contributed by atoms with van der Waals surface area (Å²) in [6.45, 7) is 2.16. The second-order valence-corrected chi connectivity index (χ2v) is 3.28. The molecule has 0 saturated carbocycles. The van der Waals surface area contributed by atoms with Gasteiger partial charge in [0.15, 0.2) is 0 Å². The molecule has 0 saturated heterocycles. The van der Waals surface area contributed by atoms with Crippen molar-refractivity contribution in [1.29, 1.82) is 0 Å². The highest BCUT2D eigenvalue weighted by Crippen LogP contribution is 2.13. The molecule has 1 rings (SSSR count). The van der Waals surface area contributed by atoms with Gasteiger partial charge in [-0.05, 0) is 6.42 Å². The van der Waals surface area contributed by atoms with Gasteiger partial charge >= 0.3 is 0 Å². The predicted octanol–water partition coefficient (Wildman–Crippen LogP) is 0.884. The number of rotatable bonds is 4. The number of hydrogen-bond acceptors (Lipinski definition) is 4. The molecule has 2 N–H and O–H groups in total. The molecule has 11 heavy (non-hydrogen) atoms. The zero-order valence-corrected chi connectivity index (χ0v) is 7.34. The summed E-state index contributed by atoms with van der Waals surface area (Å²) in [7, 11) is 0. The number of nitrogen functional groups attached to an aromatic ring is 1. The Labute approximate surface area is 70.2 Å². The van der Waals surface area contributed by atoms with Crippen molar-refractivity contribution in [2.75, 3.05) is 11.6 Å². The first-order valence-corrected chi connectivity index (χ1v) is 4.61. The lowest BCUT2D eigenvalue weighted by atomic mass is 10.4. The lowest BCUT2D eigenvalue weighted by molar-refractivity contribution is 0.837. The average Bonchev–Trinajstić information content (AvgIpc) is 2.37. The summed E-state index contributed by atoms with van der Waals surface area (Å²) >= 11 is 1.64. The Kier molecular flexibility index (Phi) is 3.22. The maximum atomic E-state index is 5.49. The Morgan fingerprint density at radius 2 is 2.55 bits per heavy atom. The van der Waals surface area contributed by atoms with E-state index in [0.717, 1.165) is 10.9 Å². The maximum Gasteiger partial charge on any atom is 0.209 e. The molecule has 1 aromatic heterocycles. The zero-order valence-electron chi connectivity index (χ0n) is 6.53. The average molecular weight is 172 g/mol. The van der Waals surface area contributed by atoms with Crippen LogP contribution in [0.15, 0.2) is 11.5 Å². The second-order valence-electron chi connectivity index (χ2n) is 2.22. The molecule has 62 valence electrons. The van der Waals surface area contributed by atoms with Gasteiger partial charge in [-0.1, -0.05) is 25.1 Å². The normalized spacial score (nSPS) is 10.3. The molecule has 0 spiro atoms. The molecule has 1 heterocycles. The van der Waals surface area contributed by atoms with Crippen LogP contribution < -0.4 is 5.84 Å². The first-order chi connectivity index (χ1) is 5.34. The van der Waals surface area contributed by atoms with Crippen LogP contribution in [0.25, 0.3) is 0 Å². The highest BCUT2D eigenvalue weighted by atomic mass is 32.2. The molecule has 0 radical (unpaired) electrons. The van der Waals surface area contributed by atoms with Gasteiger partial charge in [0.1, 0.15) is 6.33 Å². The van der Waals surface area contributed by atoms with Crippen LogP contribution >= 0.6 is 11.8 Å². The molecule has 0 atom stereocenters. The monoisotopic (exact) mass is 172 g/mol. The van der Waals surface area contributed by atoms with Crippen LogP contribution in [0.2, 0.25) is 0 Å². The molecule has 0 bridgehead atoms. The summed E-state index contributed by atoms with van der Waals surface area (Å²) < 4.78 is 1.44. The van der Waals surface area contributed by atoms with Gasteiger partial charge in [0.2, 0.25) is 5.16 Å². The molecular formula is C6H12N4S. The standard InChI is InChI=1S/C6H12N4S/c1-2-3-4-11-6-9-8-5-10(6)7/h5H,2-4,7H2,1H3. The third kappa shape index (κ3) is 2.42. The summed E-state index contributed by atoms with van der Waals surface area (Å²) in [4.78, 5) is 0. The van der Waals surface area contributed by atoms with Crippen molar-refractivity contribution < 1.29 is 0 Å². The van der Waals surface area contributed by atoms with E-state index in [1.54, 1.807) is 11.8 Å². The van der Waals surface area contributed by atoms with Crippen LogP contribution in [0.5, 0.6) is 0 Å². The third-order valence-electron chi connectivity index (χ3n) is 1.27. The van der Waals surface area contributed by atoms with Gasteiger partial charge in [0.05, 0.1) is 0 Å². The maximum absolute atomic E-state index is 5.49. The molecular weight excluding hydrogens is 160 g/mol. The number of nitrogens with two attached hydrogens (primary N) is 1. The van der Waals surface area contributed by atoms with E-state index in [1.165, 1.54) is 23.8 Å². The number of thioether (sulfide) groups is 1. The third-order valence-corrected chi connectivity index (χ3v) is 2.31. The zero-order chi connectivity index (χ0) is 8.10. The van der Waals surface area contributed by atoms with Gasteiger partial charge in [0, 0.05) is 5.75 Å². The van der Waals surface area contributed by atoms with Gasteiger partial charge in [0.25, 0.3) is 0 Å². The Morgan fingerprint density at radius 1 is 1.73 bits per heavy atom. The summed E-state index contributed by atoms with van der Waals surface area (Å²) in [5.74, 6) is 6.56. The largest absolute Gasteiger partial charge is 0.336 e. The van der Waals surface area contributed by atoms with Gasteiger partial charge in [-0.15, -0.1) is 10.2 Å². The minimum atomic E-state index is 0.790. The minimum Gasteiger partial charge on any atom is -0.336 e. The van der Waals surface area contributed by atoms with E-state index < -0.39 is 0 Å². The summed E-state index contributed by atoms with van der Waals surface area (Å²) in [6.07, 6.45) is 3.90. The molecule has 0 aliphatic rings. The molecule has 0 amide bonds. The first-order valence-electron chi connectivity index (χ1n) is 3.62. The topological polar surface area (TPSA) is 56.7 Å². The van der Waals surface area contributed by atoms with Crippen molar-refractivity contribution in [3.8, 4) is 0 Å². The van der Waals surface area contributed by atoms with Gasteiger partial charge in [-0.25, -0.2) is 4.68 Å². The minimum absolute atomic E-state index is 0.790. The molecule has 5 heteroatoms. The predicted molar refractivity (Wildman–Crippen MR) is 45.8 cm³/mol. The lowest BCUT2D eigenvalue weighted by Gasteiger charge is -1.97. The van der Waals surface area contributed by atoms with Crippen molar-refractivity contribution in [1.82, 2.24) is 14.9 Å². The van der Waals surface area contributed by atoms with Gasteiger partial charge < -0.3 is 5.84 Å². The Bertz CT molecular complexity index is 210. The Balaban J connectivity index is 2.32. The first kappa shape index (κ1) is 8.39. The van der Waals surface area contributed by atoms with E-state index >= 15 is 0 Å². The number of unbranched alkanes of at least 4 members (excludes halogenated alkanes) is 1. The Morgan fingerprint density at radius 3 is 3.09 bits per heavy atom. The van der Waals surface area contributed by atoms with Crippen LogP contribution in [0.3, 0.4) is 0 Å². The number of aromatic nitrogens is 3. The van der Waals surface area contributed by atoms with Crippen LogP contribution in [0.1, 0.15) is 19.8 Å². The van der Waals surface area contributed by atoms with Crippen molar-refractivity contribution in [3.63, 3.8) is 0 Å². The van der Waals surface area contributed by atoms with E-state index in [1.807, 2.05) is 0 Å². The summed E-state index contributed by atoms with van der Waals surface area (Å²) in [6, 6.07) is 0. The molecule has 1 aromatic rings. The molecule has 0 unspecified atom stereocenters. The Hall–Kier alpha value is -0.710. The van der Waals surface area contributed by atoms with E-state index in [9.17, 15) is 0 Å². The highest BCUT2D eigenvalue weighted by Gasteiger charge is 1.99. The van der Waals surface area contributed by atoms with Crippen LogP contribution in [-0.2, 0) is 0 Å². The van der Waals surface area contributed by atoms with Crippen LogP contribution in [0, 0.1) is 0 Å². The summed E-state index contributed by atoms with van der Waals surface area (Å²) in [5, 5.41) is 8.30. The van der Waals surface area contributed by atoms with Crippen molar-refractivity contribution in [2.45, 2.75) is 24.9 Å². The molecule has 4 nitrogen and oxygen atoms in total. The number of hydrogen-bond donors (Lipinski definition) is 1. The fourth-order valence-electron chi connectivity index (χ4n) is 0.643. The van der Waals surface area contributed by atoms with E-state index in [4.69, 9.17) is 5.84 Å². The second kappa shape index (κ2) is 4.23. The van der Waals surface area contributed by atoms with E-state index in [-0.39, 0.29) is 0 Å². The van der Waals surface area contributed by atoms with Crippen LogP contribution in [0.4, 0.5) is 0 Å². The van der Waals surface area contributed by atoms with Crippen molar-refractivity contribution in [3.05, 3.63) is 6.33 Å². The van der Waals surface area contributed by atoms with E-state index in [0.29, 0.717) is 0 Å². The fourth-order valence-corrected chi connectivity index (χ4v) is 1.56. The van der Waals surface area contributed by atoms with Crippen LogP contribution in [-0.4, -0.2) is 20.6 Å². The quantitative estimate of drug-likeness (QED) is 0.416.